The SMILES string of the molecule is CC1CCC(NCCCNC(=O)C2CCC3CCCC(F)C3N2)NC1. The van der Waals surface area contributed by atoms with Gasteiger partial charge in [0.05, 0.1) is 12.2 Å². The predicted octanol–water partition coefficient (Wildman–Crippen LogP) is 1.69. The third kappa shape index (κ3) is 5.38. The molecular formula is C19H35FN4O. The van der Waals surface area contributed by atoms with Gasteiger partial charge in [0.15, 0.2) is 0 Å². The van der Waals surface area contributed by atoms with Crippen LogP contribution in [0.5, 0.6) is 0 Å². The van der Waals surface area contributed by atoms with Crippen molar-refractivity contribution in [3.05, 3.63) is 0 Å². The molecule has 0 radical (unpaired) electrons. The molecule has 1 saturated carbocycles. The summed E-state index contributed by atoms with van der Waals surface area (Å²) in [6.07, 6.45) is 7.53. The molecule has 2 heterocycles. The van der Waals surface area contributed by atoms with Gasteiger partial charge in [-0.3, -0.25) is 10.1 Å². The van der Waals surface area contributed by atoms with Crippen molar-refractivity contribution in [2.45, 2.75) is 82.7 Å². The zero-order valence-electron chi connectivity index (χ0n) is 15.5. The van der Waals surface area contributed by atoms with Crippen molar-refractivity contribution in [2.24, 2.45) is 11.8 Å². The zero-order valence-corrected chi connectivity index (χ0v) is 15.5. The number of halogens is 1. The van der Waals surface area contributed by atoms with Crippen LogP contribution in [0.25, 0.3) is 0 Å². The Kier molecular flexibility index (Phi) is 7.08. The van der Waals surface area contributed by atoms with Gasteiger partial charge in [-0.2, -0.15) is 0 Å². The molecule has 0 aromatic heterocycles. The molecule has 0 aromatic rings. The van der Waals surface area contributed by atoms with Gasteiger partial charge in [0, 0.05) is 12.6 Å². The van der Waals surface area contributed by atoms with Crippen molar-refractivity contribution < 1.29 is 9.18 Å². The average Bonchev–Trinajstić information content (AvgIpc) is 2.63. The first-order valence-electron chi connectivity index (χ1n) is 10.3. The van der Waals surface area contributed by atoms with E-state index in [2.05, 4.69) is 28.2 Å². The standard InChI is InChI=1S/C19H35FN4O/c1-13-6-9-17(23-12-13)21-10-3-11-22-19(25)16-8-7-14-4-2-5-15(20)18(14)24-16/h13-18,21,23-24H,2-12H2,1H3,(H,22,25). The molecule has 1 aliphatic carbocycles. The monoisotopic (exact) mass is 354 g/mol. The van der Waals surface area contributed by atoms with Crippen LogP contribution in [0.1, 0.15) is 58.3 Å². The fraction of sp³-hybridized carbons (Fsp3) is 0.947. The molecule has 2 aliphatic heterocycles. The van der Waals surface area contributed by atoms with Gasteiger partial charge in [-0.1, -0.05) is 13.3 Å². The topological polar surface area (TPSA) is 65.2 Å². The molecule has 3 aliphatic rings. The molecular weight excluding hydrogens is 319 g/mol. The first kappa shape index (κ1) is 19.1. The van der Waals surface area contributed by atoms with Crippen molar-refractivity contribution in [1.29, 1.82) is 0 Å². The fourth-order valence-corrected chi connectivity index (χ4v) is 4.57. The number of fused-ring (bicyclic) bond motifs is 1. The molecule has 0 aromatic carbocycles. The quantitative estimate of drug-likeness (QED) is 0.548. The molecule has 1 amide bonds. The molecule has 3 rings (SSSR count). The van der Waals surface area contributed by atoms with E-state index in [9.17, 15) is 9.18 Å². The van der Waals surface area contributed by atoms with Gasteiger partial charge in [0.25, 0.3) is 0 Å². The van der Waals surface area contributed by atoms with Crippen molar-refractivity contribution in [3.8, 4) is 0 Å². The lowest BCUT2D eigenvalue weighted by Gasteiger charge is -2.41. The van der Waals surface area contributed by atoms with Crippen LogP contribution in [-0.4, -0.2) is 50.0 Å². The van der Waals surface area contributed by atoms with Crippen LogP contribution < -0.4 is 21.3 Å². The summed E-state index contributed by atoms with van der Waals surface area (Å²) < 4.78 is 14.1. The average molecular weight is 355 g/mol. The third-order valence-corrected chi connectivity index (χ3v) is 6.19. The van der Waals surface area contributed by atoms with Crippen molar-refractivity contribution in [2.75, 3.05) is 19.6 Å². The maximum Gasteiger partial charge on any atom is 0.237 e. The summed E-state index contributed by atoms with van der Waals surface area (Å²) >= 11 is 0. The number of alkyl halides is 1. The van der Waals surface area contributed by atoms with Crippen LogP contribution in [0, 0.1) is 11.8 Å². The Morgan fingerprint density at radius 1 is 1.12 bits per heavy atom. The largest absolute Gasteiger partial charge is 0.355 e. The minimum absolute atomic E-state index is 0.0424. The molecule has 0 spiro atoms. The number of hydrogen-bond donors (Lipinski definition) is 4. The van der Waals surface area contributed by atoms with Crippen molar-refractivity contribution in [1.82, 2.24) is 21.3 Å². The van der Waals surface area contributed by atoms with Crippen LogP contribution in [0.4, 0.5) is 4.39 Å². The van der Waals surface area contributed by atoms with Crippen molar-refractivity contribution >= 4 is 5.91 Å². The molecule has 2 saturated heterocycles. The highest BCUT2D eigenvalue weighted by Crippen LogP contribution is 2.33. The second-order valence-electron chi connectivity index (χ2n) is 8.27. The Labute approximate surface area is 151 Å². The zero-order chi connectivity index (χ0) is 17.6. The van der Waals surface area contributed by atoms with Gasteiger partial charge in [0.2, 0.25) is 5.91 Å². The Hall–Kier alpha value is -0.720. The summed E-state index contributed by atoms with van der Waals surface area (Å²) in [5.74, 6) is 1.23. The normalized spacial score (nSPS) is 38.8. The van der Waals surface area contributed by atoms with E-state index in [0.717, 1.165) is 51.1 Å². The van der Waals surface area contributed by atoms with Crippen LogP contribution in [-0.2, 0) is 4.79 Å². The van der Waals surface area contributed by atoms with Gasteiger partial charge in [-0.15, -0.1) is 0 Å². The highest BCUT2D eigenvalue weighted by Gasteiger charge is 2.39. The van der Waals surface area contributed by atoms with Gasteiger partial charge in [-0.05, 0) is 69.9 Å². The van der Waals surface area contributed by atoms with Gasteiger partial charge in [0.1, 0.15) is 6.17 Å². The van der Waals surface area contributed by atoms with Crippen LogP contribution in [0.3, 0.4) is 0 Å². The van der Waals surface area contributed by atoms with Gasteiger partial charge < -0.3 is 16.0 Å². The van der Waals surface area contributed by atoms with Crippen LogP contribution >= 0.6 is 0 Å². The Morgan fingerprint density at radius 2 is 2.00 bits per heavy atom. The summed E-state index contributed by atoms with van der Waals surface area (Å²) in [5, 5.41) is 13.3. The Morgan fingerprint density at radius 3 is 2.80 bits per heavy atom. The molecule has 25 heavy (non-hydrogen) atoms. The Balaban J connectivity index is 1.29. The molecule has 4 N–H and O–H groups in total. The van der Waals surface area contributed by atoms with Crippen molar-refractivity contribution in [3.63, 3.8) is 0 Å². The third-order valence-electron chi connectivity index (χ3n) is 6.19. The number of amides is 1. The van der Waals surface area contributed by atoms with E-state index in [1.165, 1.54) is 12.8 Å². The van der Waals surface area contributed by atoms with Gasteiger partial charge >= 0.3 is 0 Å². The lowest BCUT2D eigenvalue weighted by molar-refractivity contribution is -0.124. The van der Waals surface area contributed by atoms with E-state index in [-0.39, 0.29) is 18.0 Å². The minimum Gasteiger partial charge on any atom is -0.355 e. The van der Waals surface area contributed by atoms with E-state index in [4.69, 9.17) is 0 Å². The van der Waals surface area contributed by atoms with Gasteiger partial charge in [-0.25, -0.2) is 4.39 Å². The molecule has 0 bridgehead atoms. The number of rotatable bonds is 6. The minimum atomic E-state index is -0.788. The second-order valence-corrected chi connectivity index (χ2v) is 8.27. The highest BCUT2D eigenvalue weighted by molar-refractivity contribution is 5.81. The van der Waals surface area contributed by atoms with Crippen LogP contribution in [0.2, 0.25) is 0 Å². The first-order chi connectivity index (χ1) is 12.1. The molecule has 144 valence electrons. The summed E-state index contributed by atoms with van der Waals surface area (Å²) in [6, 6.07) is -0.327. The highest BCUT2D eigenvalue weighted by atomic mass is 19.1. The molecule has 6 unspecified atom stereocenters. The lowest BCUT2D eigenvalue weighted by Crippen LogP contribution is -2.58. The molecule has 6 atom stereocenters. The van der Waals surface area contributed by atoms with E-state index in [0.29, 0.717) is 25.0 Å². The van der Waals surface area contributed by atoms with Crippen LogP contribution in [0.15, 0.2) is 0 Å². The number of carbonyl (C=O) groups is 1. The Bertz CT molecular complexity index is 428. The number of carbonyl (C=O) groups excluding carboxylic acids is 1. The van der Waals surface area contributed by atoms with E-state index in [1.54, 1.807) is 0 Å². The fourth-order valence-electron chi connectivity index (χ4n) is 4.57. The number of hydrogen-bond acceptors (Lipinski definition) is 4. The van der Waals surface area contributed by atoms with E-state index >= 15 is 0 Å². The number of piperidine rings is 2. The lowest BCUT2D eigenvalue weighted by atomic mass is 9.76. The number of nitrogens with one attached hydrogen (secondary N) is 4. The summed E-state index contributed by atoms with van der Waals surface area (Å²) in [6.45, 7) is 4.94. The summed E-state index contributed by atoms with van der Waals surface area (Å²) in [4.78, 5) is 12.4. The maximum absolute atomic E-state index is 14.1. The molecule has 6 heteroatoms. The summed E-state index contributed by atoms with van der Waals surface area (Å²) in [7, 11) is 0. The smallest absolute Gasteiger partial charge is 0.237 e. The summed E-state index contributed by atoms with van der Waals surface area (Å²) in [5.41, 5.74) is 0. The van der Waals surface area contributed by atoms with E-state index < -0.39 is 6.17 Å². The predicted molar refractivity (Wildman–Crippen MR) is 98.0 cm³/mol. The second kappa shape index (κ2) is 9.28. The van der Waals surface area contributed by atoms with E-state index in [1.807, 2.05) is 0 Å². The molecule has 5 nitrogen and oxygen atoms in total. The molecule has 3 fully saturated rings. The first-order valence-corrected chi connectivity index (χ1v) is 10.3. The maximum atomic E-state index is 14.1.